The summed E-state index contributed by atoms with van der Waals surface area (Å²) in [6.45, 7) is 6.21. The number of imidazole rings is 1. The van der Waals surface area contributed by atoms with Crippen LogP contribution < -0.4 is 4.74 Å². The molecule has 3 aromatic rings. The normalized spacial score (nSPS) is 15.6. The number of para-hydroxylation sites is 1. The second-order valence-corrected chi connectivity index (χ2v) is 9.49. The summed E-state index contributed by atoms with van der Waals surface area (Å²) in [6, 6.07) is 9.51. The van der Waals surface area contributed by atoms with Gasteiger partial charge in [0, 0.05) is 13.1 Å². The predicted molar refractivity (Wildman–Crippen MR) is 123 cm³/mol. The second-order valence-electron chi connectivity index (χ2n) is 9.49. The molecule has 2 heterocycles. The maximum absolute atomic E-state index is 13.7. The van der Waals surface area contributed by atoms with E-state index in [-0.39, 0.29) is 5.92 Å². The molecule has 2 aromatic carbocycles. The van der Waals surface area contributed by atoms with Crippen LogP contribution in [0.1, 0.15) is 50.7 Å². The average Bonchev–Trinajstić information content (AvgIpc) is 3.21. The van der Waals surface area contributed by atoms with E-state index in [4.69, 9.17) is 9.47 Å². The Balaban J connectivity index is 1.69. The van der Waals surface area contributed by atoms with Gasteiger partial charge in [-0.25, -0.2) is 9.78 Å². The first kappa shape index (κ1) is 23.9. The number of halogens is 3. The van der Waals surface area contributed by atoms with Gasteiger partial charge in [0.15, 0.2) is 0 Å². The highest BCUT2D eigenvalue weighted by atomic mass is 19.4. The zero-order valence-corrected chi connectivity index (χ0v) is 19.6. The number of fused-ring (bicyclic) bond motifs is 1. The van der Waals surface area contributed by atoms with Crippen LogP contribution in [0.2, 0.25) is 0 Å². The zero-order valence-electron chi connectivity index (χ0n) is 19.6. The summed E-state index contributed by atoms with van der Waals surface area (Å²) in [6.07, 6.45) is -3.85. The van der Waals surface area contributed by atoms with Crippen LogP contribution in [-0.4, -0.2) is 46.8 Å². The van der Waals surface area contributed by atoms with Gasteiger partial charge in [0.25, 0.3) is 0 Å². The Kier molecular flexibility index (Phi) is 6.22. The van der Waals surface area contributed by atoms with E-state index in [2.05, 4.69) is 9.97 Å². The molecule has 1 aliphatic rings. The summed E-state index contributed by atoms with van der Waals surface area (Å²) in [5, 5.41) is 0. The van der Waals surface area contributed by atoms with Gasteiger partial charge in [0.2, 0.25) is 0 Å². The molecule has 1 saturated heterocycles. The molecule has 0 aliphatic carbocycles. The topological polar surface area (TPSA) is 67.4 Å². The van der Waals surface area contributed by atoms with Gasteiger partial charge in [-0.15, -0.1) is 0 Å². The number of methoxy groups -OCH3 is 1. The number of carbonyl (C=O) groups excluding carboxylic acids is 1. The highest BCUT2D eigenvalue weighted by Gasteiger charge is 2.34. The number of amides is 1. The van der Waals surface area contributed by atoms with Crippen molar-refractivity contribution in [2.75, 3.05) is 20.2 Å². The van der Waals surface area contributed by atoms with Crippen molar-refractivity contribution in [3.63, 3.8) is 0 Å². The fourth-order valence-corrected chi connectivity index (χ4v) is 4.29. The number of carbonyl (C=O) groups is 1. The minimum Gasteiger partial charge on any atom is -0.496 e. The van der Waals surface area contributed by atoms with E-state index in [0.29, 0.717) is 59.7 Å². The molecule has 4 rings (SSSR count). The number of hydrogen-bond acceptors (Lipinski definition) is 4. The first-order valence-electron chi connectivity index (χ1n) is 11.2. The number of aromatic amines is 1. The lowest BCUT2D eigenvalue weighted by molar-refractivity contribution is -0.137. The van der Waals surface area contributed by atoms with E-state index in [1.165, 1.54) is 13.2 Å². The molecular formula is C25H28F3N3O3. The molecule has 0 spiro atoms. The first-order valence-corrected chi connectivity index (χ1v) is 11.2. The molecular weight excluding hydrogens is 447 g/mol. The lowest BCUT2D eigenvalue weighted by Crippen LogP contribution is -2.41. The van der Waals surface area contributed by atoms with Gasteiger partial charge in [-0.05, 0) is 69.4 Å². The lowest BCUT2D eigenvalue weighted by Gasteiger charge is -2.33. The van der Waals surface area contributed by atoms with Gasteiger partial charge in [0.05, 0.1) is 29.3 Å². The smallest absolute Gasteiger partial charge is 0.416 e. The number of benzene rings is 2. The van der Waals surface area contributed by atoms with Crippen molar-refractivity contribution < 1.29 is 27.4 Å². The maximum Gasteiger partial charge on any atom is 0.416 e. The minimum absolute atomic E-state index is 0.169. The number of nitrogens with one attached hydrogen (secondary N) is 1. The second kappa shape index (κ2) is 8.85. The Morgan fingerprint density at radius 2 is 1.79 bits per heavy atom. The predicted octanol–water partition coefficient (Wildman–Crippen LogP) is 6.37. The number of hydrogen-bond donors (Lipinski definition) is 1. The van der Waals surface area contributed by atoms with Crippen LogP contribution in [-0.2, 0) is 10.9 Å². The van der Waals surface area contributed by atoms with Crippen LogP contribution >= 0.6 is 0 Å². The Labute approximate surface area is 196 Å². The molecule has 1 fully saturated rings. The fraction of sp³-hybridized carbons (Fsp3) is 0.440. The number of piperidine rings is 1. The Bertz CT molecular complexity index is 1190. The molecule has 1 amide bonds. The molecule has 0 atom stereocenters. The van der Waals surface area contributed by atoms with E-state index >= 15 is 0 Å². The molecule has 0 saturated carbocycles. The van der Waals surface area contributed by atoms with Crippen molar-refractivity contribution in [1.29, 1.82) is 0 Å². The molecule has 0 unspecified atom stereocenters. The molecule has 6 nitrogen and oxygen atoms in total. The van der Waals surface area contributed by atoms with Crippen LogP contribution in [0.15, 0.2) is 36.4 Å². The number of alkyl halides is 3. The summed E-state index contributed by atoms with van der Waals surface area (Å²) in [5.41, 5.74) is 0.696. The largest absolute Gasteiger partial charge is 0.496 e. The van der Waals surface area contributed by atoms with Crippen molar-refractivity contribution in [3.8, 4) is 17.1 Å². The van der Waals surface area contributed by atoms with Crippen molar-refractivity contribution in [2.45, 2.75) is 51.3 Å². The molecule has 0 bridgehead atoms. The van der Waals surface area contributed by atoms with Crippen molar-refractivity contribution in [3.05, 3.63) is 47.5 Å². The zero-order chi connectivity index (χ0) is 24.7. The van der Waals surface area contributed by atoms with E-state index in [0.717, 1.165) is 6.07 Å². The van der Waals surface area contributed by atoms with Crippen molar-refractivity contribution >= 4 is 17.1 Å². The van der Waals surface area contributed by atoms with Gasteiger partial charge >= 0.3 is 12.3 Å². The van der Waals surface area contributed by atoms with Gasteiger partial charge < -0.3 is 19.4 Å². The van der Waals surface area contributed by atoms with Gasteiger partial charge in [-0.2, -0.15) is 13.2 Å². The number of aromatic nitrogens is 2. The van der Waals surface area contributed by atoms with Crippen LogP contribution in [0, 0.1) is 0 Å². The van der Waals surface area contributed by atoms with Crippen LogP contribution in [0.5, 0.6) is 5.75 Å². The van der Waals surface area contributed by atoms with Gasteiger partial charge in [-0.3, -0.25) is 0 Å². The van der Waals surface area contributed by atoms with Crippen LogP contribution in [0.25, 0.3) is 22.4 Å². The summed E-state index contributed by atoms with van der Waals surface area (Å²) in [5.74, 6) is 0.848. The minimum atomic E-state index is -4.49. The SMILES string of the molecule is COc1ccccc1-c1nc2c(C3CCN(C(=O)OC(C)(C)C)CC3)cc(C(F)(F)F)cc2[nH]1. The number of H-pyrrole nitrogens is 1. The van der Waals surface area contributed by atoms with Gasteiger partial charge in [0.1, 0.15) is 17.2 Å². The number of ether oxygens (including phenoxy) is 2. The third kappa shape index (κ3) is 4.98. The van der Waals surface area contributed by atoms with E-state index < -0.39 is 23.4 Å². The van der Waals surface area contributed by atoms with E-state index in [9.17, 15) is 18.0 Å². The molecule has 1 aromatic heterocycles. The van der Waals surface area contributed by atoms with E-state index in [1.54, 1.807) is 37.8 Å². The molecule has 1 aliphatic heterocycles. The molecule has 9 heteroatoms. The number of likely N-dealkylation sites (tertiary alicyclic amines) is 1. The molecule has 182 valence electrons. The number of nitrogens with zero attached hydrogens (tertiary/aromatic N) is 2. The van der Waals surface area contributed by atoms with Crippen molar-refractivity contribution in [1.82, 2.24) is 14.9 Å². The lowest BCUT2D eigenvalue weighted by atomic mass is 9.87. The van der Waals surface area contributed by atoms with Crippen LogP contribution in [0.3, 0.4) is 0 Å². The summed E-state index contributed by atoms with van der Waals surface area (Å²) < 4.78 is 52.0. The molecule has 0 radical (unpaired) electrons. The molecule has 1 N–H and O–H groups in total. The third-order valence-electron chi connectivity index (χ3n) is 5.89. The Morgan fingerprint density at radius 3 is 2.41 bits per heavy atom. The summed E-state index contributed by atoms with van der Waals surface area (Å²) >= 11 is 0. The average molecular weight is 476 g/mol. The quantitative estimate of drug-likeness (QED) is 0.478. The number of rotatable bonds is 3. The van der Waals surface area contributed by atoms with Crippen molar-refractivity contribution in [2.24, 2.45) is 0 Å². The highest BCUT2D eigenvalue weighted by Crippen LogP contribution is 2.40. The Hall–Kier alpha value is -3.23. The van der Waals surface area contributed by atoms with E-state index in [1.807, 2.05) is 12.1 Å². The highest BCUT2D eigenvalue weighted by molar-refractivity contribution is 5.85. The standard InChI is InChI=1S/C25H28F3N3O3/c1-24(2,3)34-23(32)31-11-9-15(10-12-31)18-13-16(25(26,27)28)14-19-21(18)30-22(29-19)17-7-5-6-8-20(17)33-4/h5-8,13-15H,9-12H2,1-4H3,(H,29,30). The molecule has 34 heavy (non-hydrogen) atoms. The third-order valence-corrected chi connectivity index (χ3v) is 5.89. The summed E-state index contributed by atoms with van der Waals surface area (Å²) in [7, 11) is 1.53. The fourth-order valence-electron chi connectivity index (χ4n) is 4.29. The van der Waals surface area contributed by atoms with Crippen LogP contribution in [0.4, 0.5) is 18.0 Å². The van der Waals surface area contributed by atoms with Gasteiger partial charge in [-0.1, -0.05) is 12.1 Å². The monoisotopic (exact) mass is 475 g/mol. The first-order chi connectivity index (χ1) is 16.0. The summed E-state index contributed by atoms with van der Waals surface area (Å²) in [4.78, 5) is 21.7. The maximum atomic E-state index is 13.7. The Morgan fingerprint density at radius 1 is 1.12 bits per heavy atom.